The van der Waals surface area contributed by atoms with E-state index in [0.717, 1.165) is 6.42 Å². The van der Waals surface area contributed by atoms with E-state index in [2.05, 4.69) is 19.2 Å². The van der Waals surface area contributed by atoms with Gasteiger partial charge in [0.05, 0.1) is 11.5 Å². The Kier molecular flexibility index (Phi) is 8.00. The average molecular weight is 289 g/mol. The summed E-state index contributed by atoms with van der Waals surface area (Å²) in [6.45, 7) is 4.45. The fraction of sp³-hybridized carbons (Fsp3) is 1.00. The summed E-state index contributed by atoms with van der Waals surface area (Å²) in [4.78, 5) is 0. The lowest BCUT2D eigenvalue weighted by Crippen LogP contribution is -2.39. The van der Waals surface area contributed by atoms with Gasteiger partial charge in [-0.3, -0.25) is 0 Å². The Morgan fingerprint density at radius 1 is 1.05 bits per heavy atom. The molecular formula is C15H31NO2S. The van der Waals surface area contributed by atoms with Crippen LogP contribution in [0.25, 0.3) is 0 Å². The van der Waals surface area contributed by atoms with Crippen LogP contribution < -0.4 is 5.32 Å². The van der Waals surface area contributed by atoms with Crippen molar-refractivity contribution in [1.82, 2.24) is 5.32 Å². The van der Waals surface area contributed by atoms with E-state index in [1.54, 1.807) is 0 Å². The monoisotopic (exact) mass is 289 g/mol. The van der Waals surface area contributed by atoms with Gasteiger partial charge in [0.1, 0.15) is 0 Å². The highest BCUT2D eigenvalue weighted by atomic mass is 32.2. The second-order valence-corrected chi connectivity index (χ2v) is 8.18. The van der Waals surface area contributed by atoms with Crippen molar-refractivity contribution in [3.8, 4) is 0 Å². The minimum absolute atomic E-state index is 0.207. The summed E-state index contributed by atoms with van der Waals surface area (Å²) in [5.74, 6) is 0.729. The normalized spacial score (nSPS) is 22.2. The van der Waals surface area contributed by atoms with Crippen molar-refractivity contribution in [3.05, 3.63) is 0 Å². The van der Waals surface area contributed by atoms with Crippen molar-refractivity contribution in [2.45, 2.75) is 83.7 Å². The predicted octanol–water partition coefficient (Wildman–Crippen LogP) is 3.29. The minimum Gasteiger partial charge on any atom is -0.310 e. The van der Waals surface area contributed by atoms with E-state index in [9.17, 15) is 8.42 Å². The maximum absolute atomic E-state index is 11.5. The van der Waals surface area contributed by atoms with Crippen LogP contribution >= 0.6 is 0 Å². The average Bonchev–Trinajstić information content (AvgIpc) is 2.69. The van der Waals surface area contributed by atoms with Gasteiger partial charge in [0.2, 0.25) is 0 Å². The first-order valence-corrected chi connectivity index (χ1v) is 9.86. The lowest BCUT2D eigenvalue weighted by molar-refractivity contribution is 0.382. The van der Waals surface area contributed by atoms with Gasteiger partial charge in [-0.25, -0.2) is 8.42 Å². The van der Waals surface area contributed by atoms with Crippen LogP contribution in [0, 0.1) is 0 Å². The molecule has 1 saturated heterocycles. The molecule has 1 atom stereocenters. The molecule has 4 heteroatoms. The number of rotatable bonds is 10. The first-order chi connectivity index (χ1) is 9.07. The van der Waals surface area contributed by atoms with Gasteiger partial charge in [-0.1, -0.05) is 52.4 Å². The van der Waals surface area contributed by atoms with E-state index < -0.39 is 9.84 Å². The first kappa shape index (κ1) is 17.0. The van der Waals surface area contributed by atoms with Gasteiger partial charge < -0.3 is 5.32 Å². The number of sulfone groups is 1. The summed E-state index contributed by atoms with van der Waals surface area (Å²) < 4.78 is 23.0. The molecule has 1 rings (SSSR count). The van der Waals surface area contributed by atoms with E-state index in [-0.39, 0.29) is 6.04 Å². The zero-order chi connectivity index (χ0) is 14.1. The van der Waals surface area contributed by atoms with Gasteiger partial charge in [0, 0.05) is 12.1 Å². The molecule has 0 aromatic carbocycles. The van der Waals surface area contributed by atoms with Crippen LogP contribution in [0.5, 0.6) is 0 Å². The van der Waals surface area contributed by atoms with Crippen molar-refractivity contribution >= 4 is 9.84 Å². The van der Waals surface area contributed by atoms with Gasteiger partial charge >= 0.3 is 0 Å². The van der Waals surface area contributed by atoms with Crippen LogP contribution in [0.3, 0.4) is 0 Å². The number of hydrogen-bond donors (Lipinski definition) is 1. The summed E-state index contributed by atoms with van der Waals surface area (Å²) >= 11 is 0. The van der Waals surface area contributed by atoms with Gasteiger partial charge in [0.25, 0.3) is 0 Å². The van der Waals surface area contributed by atoms with Gasteiger partial charge in [0.15, 0.2) is 9.84 Å². The Bertz CT molecular complexity index is 317. The molecule has 0 aromatic rings. The molecule has 114 valence electrons. The van der Waals surface area contributed by atoms with Crippen LogP contribution in [-0.4, -0.2) is 32.0 Å². The molecule has 1 N–H and O–H groups in total. The summed E-state index contributed by atoms with van der Waals surface area (Å²) in [6.07, 6.45) is 10.8. The van der Waals surface area contributed by atoms with E-state index in [1.165, 1.54) is 51.4 Å². The summed E-state index contributed by atoms with van der Waals surface area (Å²) in [5.41, 5.74) is 0. The summed E-state index contributed by atoms with van der Waals surface area (Å²) in [5, 5.41) is 3.61. The van der Waals surface area contributed by atoms with Crippen molar-refractivity contribution in [1.29, 1.82) is 0 Å². The summed E-state index contributed by atoms with van der Waals surface area (Å²) in [6, 6.07) is 0.731. The summed E-state index contributed by atoms with van der Waals surface area (Å²) in [7, 11) is -2.75. The predicted molar refractivity (Wildman–Crippen MR) is 82.3 cm³/mol. The SMILES string of the molecule is CCCCCC(CCCCC)NC1CCS(=O)(=O)C1. The topological polar surface area (TPSA) is 46.2 Å². The number of unbranched alkanes of at least 4 members (excludes halogenated alkanes) is 4. The highest BCUT2D eigenvalue weighted by molar-refractivity contribution is 7.91. The molecule has 0 saturated carbocycles. The standard InChI is InChI=1S/C15H31NO2S/c1-3-5-7-9-14(10-8-6-4-2)16-15-11-12-19(17,18)13-15/h14-16H,3-13H2,1-2H3. The number of nitrogens with one attached hydrogen (secondary N) is 1. The lowest BCUT2D eigenvalue weighted by atomic mass is 10.0. The molecule has 19 heavy (non-hydrogen) atoms. The van der Waals surface area contributed by atoms with Crippen LogP contribution in [-0.2, 0) is 9.84 Å². The Hall–Kier alpha value is -0.0900. The van der Waals surface area contributed by atoms with Gasteiger partial charge in [-0.2, -0.15) is 0 Å². The van der Waals surface area contributed by atoms with E-state index in [0.29, 0.717) is 17.5 Å². The maximum Gasteiger partial charge on any atom is 0.151 e. The van der Waals surface area contributed by atoms with Crippen molar-refractivity contribution in [2.75, 3.05) is 11.5 Å². The highest BCUT2D eigenvalue weighted by Crippen LogP contribution is 2.16. The minimum atomic E-state index is -2.75. The Morgan fingerprint density at radius 3 is 2.05 bits per heavy atom. The smallest absolute Gasteiger partial charge is 0.151 e. The van der Waals surface area contributed by atoms with Crippen LogP contribution in [0.1, 0.15) is 71.6 Å². The Labute approximate surface area is 119 Å². The largest absolute Gasteiger partial charge is 0.310 e. The Balaban J connectivity index is 2.34. The molecule has 1 fully saturated rings. The molecule has 1 aliphatic heterocycles. The van der Waals surface area contributed by atoms with E-state index in [1.807, 2.05) is 0 Å². The van der Waals surface area contributed by atoms with Crippen LogP contribution in [0.15, 0.2) is 0 Å². The molecule has 0 spiro atoms. The lowest BCUT2D eigenvalue weighted by Gasteiger charge is -2.22. The number of hydrogen-bond acceptors (Lipinski definition) is 3. The first-order valence-electron chi connectivity index (χ1n) is 8.04. The van der Waals surface area contributed by atoms with E-state index >= 15 is 0 Å². The molecular weight excluding hydrogens is 258 g/mol. The van der Waals surface area contributed by atoms with E-state index in [4.69, 9.17) is 0 Å². The van der Waals surface area contributed by atoms with Crippen molar-refractivity contribution in [2.24, 2.45) is 0 Å². The Morgan fingerprint density at radius 2 is 1.63 bits per heavy atom. The molecule has 1 unspecified atom stereocenters. The molecule has 3 nitrogen and oxygen atoms in total. The quantitative estimate of drug-likeness (QED) is 0.628. The fourth-order valence-corrected chi connectivity index (χ4v) is 4.54. The van der Waals surface area contributed by atoms with Crippen molar-refractivity contribution in [3.63, 3.8) is 0 Å². The molecule has 0 aliphatic carbocycles. The third kappa shape index (κ3) is 7.31. The van der Waals surface area contributed by atoms with Crippen molar-refractivity contribution < 1.29 is 8.42 Å². The zero-order valence-corrected chi connectivity index (χ0v) is 13.5. The van der Waals surface area contributed by atoms with Gasteiger partial charge in [-0.05, 0) is 19.3 Å². The second-order valence-electron chi connectivity index (χ2n) is 5.96. The fourth-order valence-electron chi connectivity index (χ4n) is 2.85. The second kappa shape index (κ2) is 8.96. The third-order valence-electron chi connectivity index (χ3n) is 4.02. The molecule has 0 aromatic heterocycles. The maximum atomic E-state index is 11.5. The van der Waals surface area contributed by atoms with Crippen LogP contribution in [0.2, 0.25) is 0 Å². The highest BCUT2D eigenvalue weighted by Gasteiger charge is 2.28. The third-order valence-corrected chi connectivity index (χ3v) is 5.78. The molecule has 1 heterocycles. The zero-order valence-electron chi connectivity index (χ0n) is 12.7. The van der Waals surface area contributed by atoms with Gasteiger partial charge in [-0.15, -0.1) is 0 Å². The van der Waals surface area contributed by atoms with Crippen LogP contribution in [0.4, 0.5) is 0 Å². The molecule has 1 aliphatic rings. The molecule has 0 radical (unpaired) electrons. The molecule has 0 amide bonds. The molecule has 0 bridgehead atoms.